The summed E-state index contributed by atoms with van der Waals surface area (Å²) in [5, 5.41) is 7.86. The van der Waals surface area contributed by atoms with Crippen molar-refractivity contribution in [3.8, 4) is 28.3 Å². The Hall–Kier alpha value is -4.84. The Bertz CT molecular complexity index is 1660. The van der Waals surface area contributed by atoms with Crippen molar-refractivity contribution in [3.05, 3.63) is 71.7 Å². The fraction of sp³-hybridized carbons (Fsp3) is 0.344. The zero-order valence-electron chi connectivity index (χ0n) is 26.0. The number of ether oxygens (including phenoxy) is 2. The number of aromatic nitrogens is 3. The zero-order valence-corrected chi connectivity index (χ0v) is 26.0. The second-order valence-electron chi connectivity index (χ2n) is 12.0. The Morgan fingerprint density at radius 2 is 1.77 bits per heavy atom. The summed E-state index contributed by atoms with van der Waals surface area (Å²) in [7, 11) is 1.55. The van der Waals surface area contributed by atoms with Crippen molar-refractivity contribution < 1.29 is 32.8 Å². The van der Waals surface area contributed by atoms with Crippen molar-refractivity contribution in [3.63, 3.8) is 0 Å². The van der Waals surface area contributed by atoms with Crippen LogP contribution in [0.25, 0.3) is 22.5 Å². The van der Waals surface area contributed by atoms with Gasteiger partial charge in [-0.25, -0.2) is 19.2 Å². The molecule has 4 aromatic rings. The lowest BCUT2D eigenvalue weighted by Gasteiger charge is -2.30. The summed E-state index contributed by atoms with van der Waals surface area (Å²) in [5.41, 5.74) is 0.808. The number of anilines is 2. The van der Waals surface area contributed by atoms with Crippen LogP contribution in [0.5, 0.6) is 5.75 Å². The summed E-state index contributed by atoms with van der Waals surface area (Å²) in [5.74, 6) is -0.284. The van der Waals surface area contributed by atoms with Crippen LogP contribution in [0.4, 0.5) is 21.0 Å². The molecule has 0 bridgehead atoms. The highest BCUT2D eigenvalue weighted by Crippen LogP contribution is 2.38. The van der Waals surface area contributed by atoms with Gasteiger partial charge in [0.25, 0.3) is 5.95 Å². The average Bonchev–Trinajstić information content (AvgIpc) is 3.35. The van der Waals surface area contributed by atoms with Crippen LogP contribution in [0.1, 0.15) is 52.7 Å². The Kier molecular flexibility index (Phi) is 9.33. The molecule has 1 N–H and O–H groups in total. The molecule has 0 atom stereocenters. The van der Waals surface area contributed by atoms with Gasteiger partial charge in [-0.3, -0.25) is 14.9 Å². The summed E-state index contributed by atoms with van der Waals surface area (Å²) in [4.78, 5) is 41.1. The number of hydrogen-bond acceptors (Lipinski definition) is 9. The van der Waals surface area contributed by atoms with E-state index in [-0.39, 0.29) is 35.5 Å². The highest BCUT2D eigenvalue weighted by Gasteiger charge is 2.32. The molecule has 2 aromatic carbocycles. The maximum Gasteiger partial charge on any atom is 0.442 e. The summed E-state index contributed by atoms with van der Waals surface area (Å²) in [6, 6.07) is 13.2. The average molecular weight is 606 g/mol. The number of rotatable bonds is 8. The minimum atomic E-state index is -0.823. The van der Waals surface area contributed by atoms with E-state index in [2.05, 4.69) is 20.4 Å². The lowest BCUT2D eigenvalue weighted by atomic mass is 10.0. The minimum absolute atomic E-state index is 0.0000759. The van der Waals surface area contributed by atoms with E-state index in [0.717, 1.165) is 5.06 Å². The number of nitrogens with one attached hydrogen (secondary N) is 1. The molecule has 12 heteroatoms. The first kappa shape index (κ1) is 32.1. The monoisotopic (exact) mass is 605 g/mol. The number of carbonyl (C=O) groups excluding carboxylic acids is 2. The maximum absolute atomic E-state index is 14.2. The number of amides is 2. The van der Waals surface area contributed by atoms with Gasteiger partial charge in [0.2, 0.25) is 11.8 Å². The van der Waals surface area contributed by atoms with E-state index < -0.39 is 23.2 Å². The molecule has 0 saturated carbocycles. The van der Waals surface area contributed by atoms with Crippen LogP contribution >= 0.6 is 0 Å². The van der Waals surface area contributed by atoms with Gasteiger partial charge in [-0.2, -0.15) is 0 Å². The van der Waals surface area contributed by atoms with Crippen molar-refractivity contribution >= 4 is 23.8 Å². The van der Waals surface area contributed by atoms with Crippen molar-refractivity contribution in [1.82, 2.24) is 15.1 Å². The maximum atomic E-state index is 14.2. The molecule has 2 heterocycles. The lowest BCUT2D eigenvalue weighted by Crippen LogP contribution is -2.42. The molecule has 0 aliphatic carbocycles. The standard InChI is InChI=1S/C32H36FN5O6/c1-19-16-21(12-13-23(19)33)27-26(28(43-37-27)36-25(39)18-20-10-9-11-22(17-20)41-8)24-14-15-34-29(35-24)38(44-32(5,6)7)30(40)42-31(2,3)4/h9-17H,18H2,1-8H3,(H,36,39). The molecule has 2 amide bonds. The largest absolute Gasteiger partial charge is 0.497 e. The third-order valence-corrected chi connectivity index (χ3v) is 5.88. The van der Waals surface area contributed by atoms with Gasteiger partial charge in [-0.1, -0.05) is 17.3 Å². The zero-order chi connectivity index (χ0) is 32.2. The predicted molar refractivity (Wildman–Crippen MR) is 163 cm³/mol. The number of nitrogens with zero attached hydrogens (tertiary/aromatic N) is 4. The van der Waals surface area contributed by atoms with Crippen molar-refractivity contribution in [2.45, 2.75) is 66.1 Å². The first-order valence-corrected chi connectivity index (χ1v) is 13.9. The molecule has 0 unspecified atom stereocenters. The van der Waals surface area contributed by atoms with E-state index in [4.69, 9.17) is 18.8 Å². The number of hydroxylamine groups is 1. The van der Waals surface area contributed by atoms with E-state index in [1.54, 1.807) is 98.0 Å². The molecular formula is C32H36FN5O6. The smallest absolute Gasteiger partial charge is 0.442 e. The van der Waals surface area contributed by atoms with Crippen LogP contribution in [0, 0.1) is 12.7 Å². The number of methoxy groups -OCH3 is 1. The first-order valence-electron chi connectivity index (χ1n) is 13.9. The molecule has 11 nitrogen and oxygen atoms in total. The molecule has 2 aromatic heterocycles. The van der Waals surface area contributed by atoms with E-state index in [1.165, 1.54) is 12.3 Å². The molecule has 4 rings (SSSR count). The number of aryl methyl sites for hydroxylation is 1. The molecule has 0 spiro atoms. The Balaban J connectivity index is 1.79. The molecule has 232 valence electrons. The predicted octanol–water partition coefficient (Wildman–Crippen LogP) is 6.91. The molecule has 0 aliphatic rings. The third-order valence-electron chi connectivity index (χ3n) is 5.88. The molecule has 0 radical (unpaired) electrons. The van der Waals surface area contributed by atoms with Gasteiger partial charge in [-0.15, -0.1) is 5.06 Å². The second-order valence-corrected chi connectivity index (χ2v) is 12.0. The van der Waals surface area contributed by atoms with E-state index in [0.29, 0.717) is 28.0 Å². The molecular weight excluding hydrogens is 569 g/mol. The Labute approximate surface area is 255 Å². The van der Waals surface area contributed by atoms with Crippen LogP contribution in [0.15, 0.2) is 59.3 Å². The fourth-order valence-electron chi connectivity index (χ4n) is 4.06. The minimum Gasteiger partial charge on any atom is -0.497 e. The quantitative estimate of drug-likeness (QED) is 0.213. The van der Waals surface area contributed by atoms with Gasteiger partial charge in [0.05, 0.1) is 30.4 Å². The van der Waals surface area contributed by atoms with Crippen LogP contribution in [-0.2, 0) is 20.8 Å². The number of halogens is 1. The van der Waals surface area contributed by atoms with E-state index >= 15 is 0 Å². The highest BCUT2D eigenvalue weighted by molar-refractivity contribution is 5.97. The SMILES string of the molecule is COc1cccc(CC(=O)Nc2onc(-c3ccc(F)c(C)c3)c2-c2ccnc(N(OC(C)(C)C)C(=O)OC(C)(C)C)n2)c1. The number of hydrogen-bond donors (Lipinski definition) is 1. The fourth-order valence-corrected chi connectivity index (χ4v) is 4.06. The van der Waals surface area contributed by atoms with Gasteiger partial charge < -0.3 is 14.0 Å². The van der Waals surface area contributed by atoms with Gasteiger partial charge in [0.15, 0.2) is 0 Å². The van der Waals surface area contributed by atoms with E-state index in [9.17, 15) is 14.0 Å². The molecule has 0 saturated heterocycles. The second kappa shape index (κ2) is 12.8. The topological polar surface area (TPSA) is 129 Å². The van der Waals surface area contributed by atoms with Gasteiger partial charge in [-0.05, 0) is 96.0 Å². The number of carbonyl (C=O) groups is 2. The van der Waals surface area contributed by atoms with Crippen LogP contribution in [-0.4, -0.2) is 45.4 Å². The third kappa shape index (κ3) is 8.16. The van der Waals surface area contributed by atoms with Gasteiger partial charge >= 0.3 is 6.09 Å². The van der Waals surface area contributed by atoms with Crippen molar-refractivity contribution in [1.29, 1.82) is 0 Å². The van der Waals surface area contributed by atoms with Gasteiger partial charge in [0.1, 0.15) is 22.9 Å². The number of benzene rings is 2. The normalized spacial score (nSPS) is 11.7. The Morgan fingerprint density at radius 3 is 2.43 bits per heavy atom. The Morgan fingerprint density at radius 1 is 1.02 bits per heavy atom. The molecule has 0 aliphatic heterocycles. The molecule has 44 heavy (non-hydrogen) atoms. The summed E-state index contributed by atoms with van der Waals surface area (Å²) >= 11 is 0. The van der Waals surface area contributed by atoms with Crippen LogP contribution in [0.2, 0.25) is 0 Å². The highest BCUT2D eigenvalue weighted by atomic mass is 19.1. The van der Waals surface area contributed by atoms with Crippen molar-refractivity contribution in [2.75, 3.05) is 17.5 Å². The lowest BCUT2D eigenvalue weighted by molar-refractivity contribution is -0.115. The summed E-state index contributed by atoms with van der Waals surface area (Å²) < 4.78 is 30.6. The van der Waals surface area contributed by atoms with Crippen molar-refractivity contribution in [2.24, 2.45) is 0 Å². The van der Waals surface area contributed by atoms with Crippen LogP contribution < -0.4 is 15.1 Å². The van der Waals surface area contributed by atoms with E-state index in [1.807, 2.05) is 0 Å². The first-order chi connectivity index (χ1) is 20.6. The molecule has 0 fully saturated rings. The summed E-state index contributed by atoms with van der Waals surface area (Å²) in [6.07, 6.45) is 0.620. The van der Waals surface area contributed by atoms with Gasteiger partial charge in [0, 0.05) is 11.8 Å². The summed E-state index contributed by atoms with van der Waals surface area (Å²) in [6.45, 7) is 12.1. The van der Waals surface area contributed by atoms with Crippen LogP contribution in [0.3, 0.4) is 0 Å².